The van der Waals surface area contributed by atoms with Crippen LogP contribution >= 0.6 is 0 Å². The molecule has 3 amide bonds. The number of nitrogens with one attached hydrogen (secondary N) is 4. The molecule has 10 heteroatoms. The first kappa shape index (κ1) is 25.9. The number of amides is 3. The SMILES string of the molecule is N[C@@H](O)[C@H](NC(=O)c1ccc(C#Cc2ccc(NC(=O)CNc3ccccc3)cc2)cc1)C(=O)NO. The molecule has 0 fully saturated rings. The summed E-state index contributed by atoms with van der Waals surface area (Å²) < 4.78 is 0. The van der Waals surface area contributed by atoms with Crippen LogP contribution in [0.4, 0.5) is 11.4 Å². The molecule has 0 radical (unpaired) electrons. The first-order chi connectivity index (χ1) is 17.4. The molecule has 0 aromatic heterocycles. The molecule has 2 atom stereocenters. The van der Waals surface area contributed by atoms with Crippen LogP contribution in [-0.4, -0.2) is 46.8 Å². The second-order valence-corrected chi connectivity index (χ2v) is 7.59. The largest absolute Gasteiger partial charge is 0.376 e. The summed E-state index contributed by atoms with van der Waals surface area (Å²) in [6.07, 6.45) is -1.70. The smallest absolute Gasteiger partial charge is 0.270 e. The molecular weight excluding hydrogens is 462 g/mol. The monoisotopic (exact) mass is 487 g/mol. The average molecular weight is 488 g/mol. The fourth-order valence-electron chi connectivity index (χ4n) is 3.03. The number of aliphatic hydroxyl groups excluding tert-OH is 1. The van der Waals surface area contributed by atoms with E-state index >= 15 is 0 Å². The van der Waals surface area contributed by atoms with Gasteiger partial charge in [0.25, 0.3) is 11.8 Å². The number of hydrogen-bond acceptors (Lipinski definition) is 7. The number of anilines is 2. The minimum absolute atomic E-state index is 0.141. The van der Waals surface area contributed by atoms with Crippen LogP contribution in [-0.2, 0) is 9.59 Å². The average Bonchev–Trinajstić information content (AvgIpc) is 2.90. The molecule has 3 aromatic rings. The molecule has 10 nitrogen and oxygen atoms in total. The van der Waals surface area contributed by atoms with E-state index in [1.165, 1.54) is 17.6 Å². The number of nitrogens with two attached hydrogens (primary N) is 1. The molecule has 0 saturated heterocycles. The maximum atomic E-state index is 12.3. The van der Waals surface area contributed by atoms with Crippen molar-refractivity contribution in [1.82, 2.24) is 10.8 Å². The van der Waals surface area contributed by atoms with Gasteiger partial charge in [0, 0.05) is 28.1 Å². The van der Waals surface area contributed by atoms with Crippen molar-refractivity contribution in [1.29, 1.82) is 0 Å². The number of aliphatic hydroxyl groups is 1. The fraction of sp³-hybridized carbons (Fsp3) is 0.115. The van der Waals surface area contributed by atoms with Crippen molar-refractivity contribution in [2.45, 2.75) is 12.3 Å². The molecule has 0 spiro atoms. The highest BCUT2D eigenvalue weighted by atomic mass is 16.5. The normalized spacial score (nSPS) is 11.8. The second-order valence-electron chi connectivity index (χ2n) is 7.59. The summed E-state index contributed by atoms with van der Waals surface area (Å²) >= 11 is 0. The van der Waals surface area contributed by atoms with E-state index in [1.807, 2.05) is 30.3 Å². The van der Waals surface area contributed by atoms with Gasteiger partial charge in [0.2, 0.25) is 5.91 Å². The van der Waals surface area contributed by atoms with Crippen LogP contribution in [0.1, 0.15) is 21.5 Å². The van der Waals surface area contributed by atoms with Gasteiger partial charge in [-0.25, -0.2) is 5.48 Å². The molecule has 3 rings (SSSR count). The number of carbonyl (C=O) groups excluding carboxylic acids is 3. The van der Waals surface area contributed by atoms with Crippen LogP contribution in [0.15, 0.2) is 78.9 Å². The number of rotatable bonds is 8. The van der Waals surface area contributed by atoms with E-state index in [9.17, 15) is 19.5 Å². The van der Waals surface area contributed by atoms with Crippen LogP contribution in [0, 0.1) is 11.8 Å². The van der Waals surface area contributed by atoms with Gasteiger partial charge in [0.1, 0.15) is 12.3 Å². The van der Waals surface area contributed by atoms with Gasteiger partial charge < -0.3 is 26.8 Å². The molecule has 0 aliphatic rings. The zero-order chi connectivity index (χ0) is 25.9. The lowest BCUT2D eigenvalue weighted by Gasteiger charge is -2.18. The number of para-hydroxylation sites is 1. The Balaban J connectivity index is 1.54. The van der Waals surface area contributed by atoms with Crippen LogP contribution in [0.25, 0.3) is 0 Å². The highest BCUT2D eigenvalue weighted by Crippen LogP contribution is 2.10. The van der Waals surface area contributed by atoms with Gasteiger partial charge in [0.15, 0.2) is 0 Å². The van der Waals surface area contributed by atoms with Crippen LogP contribution in [0.2, 0.25) is 0 Å². The molecule has 0 saturated carbocycles. The highest BCUT2D eigenvalue weighted by Gasteiger charge is 2.26. The van der Waals surface area contributed by atoms with Crippen molar-refractivity contribution in [2.75, 3.05) is 17.2 Å². The third-order valence-corrected chi connectivity index (χ3v) is 4.91. The van der Waals surface area contributed by atoms with Gasteiger partial charge in [-0.3, -0.25) is 19.6 Å². The van der Waals surface area contributed by atoms with Crippen LogP contribution < -0.4 is 27.2 Å². The molecule has 0 bridgehead atoms. The fourth-order valence-corrected chi connectivity index (χ4v) is 3.03. The Hall–Kier alpha value is -4.69. The molecule has 8 N–H and O–H groups in total. The predicted molar refractivity (Wildman–Crippen MR) is 134 cm³/mol. The predicted octanol–water partition coefficient (Wildman–Crippen LogP) is 1.02. The van der Waals surface area contributed by atoms with E-state index in [-0.39, 0.29) is 18.0 Å². The summed E-state index contributed by atoms with van der Waals surface area (Å²) in [7, 11) is 0. The third-order valence-electron chi connectivity index (χ3n) is 4.91. The van der Waals surface area contributed by atoms with Crippen molar-refractivity contribution in [3.63, 3.8) is 0 Å². The third kappa shape index (κ3) is 7.68. The minimum Gasteiger partial charge on any atom is -0.376 e. The molecule has 0 heterocycles. The van der Waals surface area contributed by atoms with Gasteiger partial charge in [0.05, 0.1) is 6.54 Å². The first-order valence-electron chi connectivity index (χ1n) is 10.8. The van der Waals surface area contributed by atoms with Gasteiger partial charge in [-0.15, -0.1) is 0 Å². The maximum Gasteiger partial charge on any atom is 0.270 e. The zero-order valence-corrected chi connectivity index (χ0v) is 19.1. The first-order valence-corrected chi connectivity index (χ1v) is 10.8. The van der Waals surface area contributed by atoms with E-state index in [0.717, 1.165) is 11.3 Å². The Kier molecular flexibility index (Phi) is 9.13. The summed E-state index contributed by atoms with van der Waals surface area (Å²) in [4.78, 5) is 35.9. The van der Waals surface area contributed by atoms with Gasteiger partial charge in [-0.2, -0.15) is 0 Å². The molecule has 0 aliphatic carbocycles. The van der Waals surface area contributed by atoms with Gasteiger partial charge in [-0.05, 0) is 60.7 Å². The topological polar surface area (TPSA) is 166 Å². The molecule has 36 heavy (non-hydrogen) atoms. The lowest BCUT2D eigenvalue weighted by molar-refractivity contribution is -0.133. The quantitative estimate of drug-likeness (QED) is 0.108. The minimum atomic E-state index is -1.70. The van der Waals surface area contributed by atoms with E-state index in [4.69, 9.17) is 10.9 Å². The van der Waals surface area contributed by atoms with Crippen LogP contribution in [0.5, 0.6) is 0 Å². The van der Waals surface area contributed by atoms with Crippen molar-refractivity contribution in [2.24, 2.45) is 5.73 Å². The summed E-state index contributed by atoms with van der Waals surface area (Å²) in [5.41, 5.74) is 9.67. The zero-order valence-electron chi connectivity index (χ0n) is 19.1. The lowest BCUT2D eigenvalue weighted by atomic mass is 10.1. The van der Waals surface area contributed by atoms with Crippen molar-refractivity contribution >= 4 is 29.1 Å². The van der Waals surface area contributed by atoms with Crippen molar-refractivity contribution in [3.05, 3.63) is 95.6 Å². The Morgan fingerprint density at radius 3 is 1.97 bits per heavy atom. The van der Waals surface area contributed by atoms with E-state index in [2.05, 4.69) is 27.8 Å². The maximum absolute atomic E-state index is 12.3. The summed E-state index contributed by atoms with van der Waals surface area (Å²) in [5.74, 6) is 4.09. The number of hydrogen-bond donors (Lipinski definition) is 7. The van der Waals surface area contributed by atoms with Crippen LogP contribution in [0.3, 0.4) is 0 Å². The lowest BCUT2D eigenvalue weighted by Crippen LogP contribution is -2.55. The standard InChI is InChI=1S/C26H25N5O5/c27-24(33)23(26(35)31-36)30-25(34)19-12-8-17(9-13-19)6-7-18-10-14-21(15-11-18)29-22(32)16-28-20-4-2-1-3-5-20/h1-5,8-15,23-24,28,33,36H,16,27H2,(H,29,32)(H,30,34)(H,31,35)/t23-,24-/m0/s1. The molecular formula is C26H25N5O5. The highest BCUT2D eigenvalue weighted by molar-refractivity contribution is 5.97. The Labute approximate surface area is 207 Å². The molecule has 0 unspecified atom stereocenters. The number of carbonyl (C=O) groups is 3. The molecule has 0 aliphatic heterocycles. The summed E-state index contributed by atoms with van der Waals surface area (Å²) in [6.45, 7) is 0.141. The molecule has 184 valence electrons. The Morgan fingerprint density at radius 2 is 1.42 bits per heavy atom. The van der Waals surface area contributed by atoms with E-state index < -0.39 is 24.1 Å². The number of hydroxylamine groups is 1. The van der Waals surface area contributed by atoms with E-state index in [1.54, 1.807) is 36.4 Å². The summed E-state index contributed by atoms with van der Waals surface area (Å²) in [5, 5.41) is 26.2. The van der Waals surface area contributed by atoms with Crippen molar-refractivity contribution < 1.29 is 24.7 Å². The Morgan fingerprint density at radius 1 is 0.833 bits per heavy atom. The van der Waals surface area contributed by atoms with Gasteiger partial charge >= 0.3 is 0 Å². The number of benzene rings is 3. The van der Waals surface area contributed by atoms with Crippen molar-refractivity contribution in [3.8, 4) is 11.8 Å². The molecule has 3 aromatic carbocycles. The summed E-state index contributed by atoms with van der Waals surface area (Å²) in [6, 6.07) is 21.2. The second kappa shape index (κ2) is 12.7. The van der Waals surface area contributed by atoms with Gasteiger partial charge in [-0.1, -0.05) is 30.0 Å². The Bertz CT molecular complexity index is 1250. The van der Waals surface area contributed by atoms with E-state index in [0.29, 0.717) is 11.3 Å².